The van der Waals surface area contributed by atoms with Crippen LogP contribution in [0.4, 0.5) is 0 Å². The maximum Gasteiger partial charge on any atom is 0.221 e. The maximum atomic E-state index is 11.8. The van der Waals surface area contributed by atoms with Crippen molar-refractivity contribution in [3.8, 4) is 5.75 Å². The summed E-state index contributed by atoms with van der Waals surface area (Å²) in [4.78, 5) is 11.8. The number of nitrogens with one attached hydrogen (secondary N) is 2. The number of carbonyl (C=O) groups excluding carboxylic acids is 1. The molecule has 2 N–H and O–H groups in total. The molecule has 1 atom stereocenters. The lowest BCUT2D eigenvalue weighted by Crippen LogP contribution is -2.30. The number of carbonyl (C=O) groups is 1. The second-order valence-electron chi connectivity index (χ2n) is 4.35. The molecule has 0 spiro atoms. The van der Waals surface area contributed by atoms with Crippen LogP contribution in [-0.4, -0.2) is 26.1 Å². The fourth-order valence-corrected chi connectivity index (χ4v) is 1.96. The molecule has 1 aromatic rings. The van der Waals surface area contributed by atoms with Crippen LogP contribution >= 0.6 is 0 Å². The lowest BCUT2D eigenvalue weighted by molar-refractivity contribution is -0.121. The maximum absolute atomic E-state index is 11.8. The van der Waals surface area contributed by atoms with Crippen LogP contribution in [0.5, 0.6) is 5.75 Å². The Balaban J connectivity index is 2.76. The number of rotatable bonds is 8. The van der Waals surface area contributed by atoms with Gasteiger partial charge >= 0.3 is 0 Å². The SMILES string of the molecule is CCOc1ccccc1C(CC)NC(=O)CCNC. The van der Waals surface area contributed by atoms with Crippen molar-refractivity contribution in [3.63, 3.8) is 0 Å². The van der Waals surface area contributed by atoms with Crippen molar-refractivity contribution >= 4 is 5.91 Å². The summed E-state index contributed by atoms with van der Waals surface area (Å²) >= 11 is 0. The average Bonchev–Trinajstić information content (AvgIpc) is 2.43. The van der Waals surface area contributed by atoms with E-state index < -0.39 is 0 Å². The van der Waals surface area contributed by atoms with Gasteiger partial charge in [-0.05, 0) is 26.5 Å². The average molecular weight is 264 g/mol. The second-order valence-corrected chi connectivity index (χ2v) is 4.35. The molecule has 1 amide bonds. The van der Waals surface area contributed by atoms with Gasteiger partial charge in [-0.15, -0.1) is 0 Å². The normalized spacial score (nSPS) is 11.9. The van der Waals surface area contributed by atoms with Gasteiger partial charge in [-0.3, -0.25) is 4.79 Å². The molecule has 4 nitrogen and oxygen atoms in total. The van der Waals surface area contributed by atoms with Crippen LogP contribution in [0.25, 0.3) is 0 Å². The van der Waals surface area contributed by atoms with Crippen molar-refractivity contribution in [1.82, 2.24) is 10.6 Å². The molecule has 1 unspecified atom stereocenters. The summed E-state index contributed by atoms with van der Waals surface area (Å²) < 4.78 is 5.62. The summed E-state index contributed by atoms with van der Waals surface area (Å²) in [5.74, 6) is 0.915. The van der Waals surface area contributed by atoms with Crippen molar-refractivity contribution < 1.29 is 9.53 Å². The Bertz CT molecular complexity index is 393. The molecule has 0 aliphatic carbocycles. The van der Waals surface area contributed by atoms with Gasteiger partial charge in [-0.25, -0.2) is 0 Å². The van der Waals surface area contributed by atoms with Gasteiger partial charge in [0.2, 0.25) is 5.91 Å². The number of hydrogen-bond acceptors (Lipinski definition) is 3. The minimum atomic E-state index is 0.00658. The summed E-state index contributed by atoms with van der Waals surface area (Å²) in [6, 6.07) is 7.88. The molecule has 0 aliphatic rings. The van der Waals surface area contributed by atoms with E-state index in [1.807, 2.05) is 38.2 Å². The number of para-hydroxylation sites is 1. The summed E-state index contributed by atoms with van der Waals surface area (Å²) in [5, 5.41) is 6.03. The standard InChI is InChI=1S/C15H24N2O2/c1-4-13(17-15(18)10-11-16-3)12-8-6-7-9-14(12)19-5-2/h6-9,13,16H,4-5,10-11H2,1-3H3,(H,17,18). The van der Waals surface area contributed by atoms with Gasteiger partial charge in [-0.1, -0.05) is 25.1 Å². The fourth-order valence-electron chi connectivity index (χ4n) is 1.96. The lowest BCUT2D eigenvalue weighted by Gasteiger charge is -2.20. The molecular formula is C15H24N2O2. The van der Waals surface area contributed by atoms with Crippen LogP contribution in [0.15, 0.2) is 24.3 Å². The minimum absolute atomic E-state index is 0.00658. The highest BCUT2D eigenvalue weighted by Crippen LogP contribution is 2.27. The molecule has 0 saturated carbocycles. The lowest BCUT2D eigenvalue weighted by atomic mass is 10.0. The van der Waals surface area contributed by atoms with Gasteiger partial charge < -0.3 is 15.4 Å². The number of hydrogen-bond donors (Lipinski definition) is 2. The Morgan fingerprint density at radius 2 is 2.05 bits per heavy atom. The van der Waals surface area contributed by atoms with Crippen LogP contribution in [0.2, 0.25) is 0 Å². The fraction of sp³-hybridized carbons (Fsp3) is 0.533. The third kappa shape index (κ3) is 4.91. The van der Waals surface area contributed by atoms with E-state index in [1.54, 1.807) is 0 Å². The Hall–Kier alpha value is -1.55. The van der Waals surface area contributed by atoms with E-state index in [9.17, 15) is 4.79 Å². The van der Waals surface area contributed by atoms with Crippen LogP contribution in [-0.2, 0) is 4.79 Å². The van der Waals surface area contributed by atoms with E-state index in [0.717, 1.165) is 17.7 Å². The van der Waals surface area contributed by atoms with Gasteiger partial charge in [0.05, 0.1) is 12.6 Å². The van der Waals surface area contributed by atoms with Gasteiger partial charge in [0.15, 0.2) is 0 Å². The zero-order valence-corrected chi connectivity index (χ0v) is 12.0. The molecule has 0 fully saturated rings. The van der Waals surface area contributed by atoms with Crippen molar-refractivity contribution in [2.45, 2.75) is 32.7 Å². The van der Waals surface area contributed by atoms with E-state index in [0.29, 0.717) is 19.6 Å². The van der Waals surface area contributed by atoms with Gasteiger partial charge in [0.1, 0.15) is 5.75 Å². The highest BCUT2D eigenvalue weighted by Gasteiger charge is 2.16. The smallest absolute Gasteiger partial charge is 0.221 e. The summed E-state index contributed by atoms with van der Waals surface area (Å²) in [7, 11) is 1.84. The van der Waals surface area contributed by atoms with E-state index in [2.05, 4.69) is 17.6 Å². The number of ether oxygens (including phenoxy) is 1. The molecule has 0 radical (unpaired) electrons. The van der Waals surface area contributed by atoms with Crippen LogP contribution in [0, 0.1) is 0 Å². The summed E-state index contributed by atoms with van der Waals surface area (Å²) in [6.45, 7) is 5.34. The Labute approximate surface area is 115 Å². The molecule has 19 heavy (non-hydrogen) atoms. The van der Waals surface area contributed by atoms with E-state index >= 15 is 0 Å². The molecular weight excluding hydrogens is 240 g/mol. The van der Waals surface area contributed by atoms with Gasteiger partial charge in [0.25, 0.3) is 0 Å². The largest absolute Gasteiger partial charge is 0.494 e. The predicted molar refractivity (Wildman–Crippen MR) is 77.3 cm³/mol. The third-order valence-corrected chi connectivity index (χ3v) is 2.94. The van der Waals surface area contributed by atoms with Crippen LogP contribution in [0.1, 0.15) is 38.3 Å². The monoisotopic (exact) mass is 264 g/mol. The topological polar surface area (TPSA) is 50.4 Å². The molecule has 0 aliphatic heterocycles. The molecule has 4 heteroatoms. The van der Waals surface area contributed by atoms with Crippen molar-refractivity contribution in [2.24, 2.45) is 0 Å². The summed E-state index contributed by atoms with van der Waals surface area (Å²) in [6.07, 6.45) is 1.33. The van der Waals surface area contributed by atoms with Crippen molar-refractivity contribution in [3.05, 3.63) is 29.8 Å². The molecule has 0 aromatic heterocycles. The molecule has 106 valence electrons. The van der Waals surface area contributed by atoms with Gasteiger partial charge in [-0.2, -0.15) is 0 Å². The minimum Gasteiger partial charge on any atom is -0.494 e. The van der Waals surface area contributed by atoms with E-state index in [1.165, 1.54) is 0 Å². The van der Waals surface area contributed by atoms with E-state index in [-0.39, 0.29) is 11.9 Å². The van der Waals surface area contributed by atoms with Gasteiger partial charge in [0, 0.05) is 18.5 Å². The summed E-state index contributed by atoms with van der Waals surface area (Å²) in [5.41, 5.74) is 1.05. The first kappa shape index (κ1) is 15.5. The number of amides is 1. The first-order valence-corrected chi connectivity index (χ1v) is 6.88. The Morgan fingerprint density at radius 1 is 1.32 bits per heavy atom. The third-order valence-electron chi connectivity index (χ3n) is 2.94. The first-order chi connectivity index (χ1) is 9.22. The van der Waals surface area contributed by atoms with Crippen LogP contribution in [0.3, 0.4) is 0 Å². The Morgan fingerprint density at radius 3 is 2.68 bits per heavy atom. The zero-order valence-electron chi connectivity index (χ0n) is 12.0. The quantitative estimate of drug-likeness (QED) is 0.757. The molecule has 0 heterocycles. The molecule has 1 aromatic carbocycles. The predicted octanol–water partition coefficient (Wildman–Crippen LogP) is 2.26. The zero-order chi connectivity index (χ0) is 14.1. The number of benzene rings is 1. The molecule has 0 saturated heterocycles. The van der Waals surface area contributed by atoms with E-state index in [4.69, 9.17) is 4.74 Å². The van der Waals surface area contributed by atoms with Crippen LogP contribution < -0.4 is 15.4 Å². The second kappa shape index (κ2) is 8.53. The van der Waals surface area contributed by atoms with Crippen molar-refractivity contribution in [2.75, 3.05) is 20.2 Å². The highest BCUT2D eigenvalue weighted by molar-refractivity contribution is 5.76. The Kier molecular flexibility index (Phi) is 6.97. The molecule has 1 rings (SSSR count). The van der Waals surface area contributed by atoms with Crippen molar-refractivity contribution in [1.29, 1.82) is 0 Å². The first-order valence-electron chi connectivity index (χ1n) is 6.88. The molecule has 0 bridgehead atoms. The highest BCUT2D eigenvalue weighted by atomic mass is 16.5.